The van der Waals surface area contributed by atoms with Gasteiger partial charge in [0, 0.05) is 13.1 Å². The highest BCUT2D eigenvalue weighted by Crippen LogP contribution is 2.28. The van der Waals surface area contributed by atoms with E-state index in [4.69, 9.17) is 0 Å². The average Bonchev–Trinajstić information content (AvgIpc) is 2.34. The number of halogens is 1. The molecule has 0 radical (unpaired) electrons. The summed E-state index contributed by atoms with van der Waals surface area (Å²) in [7, 11) is 1.87. The summed E-state index contributed by atoms with van der Waals surface area (Å²) >= 11 is 3.55. The molecule has 0 spiro atoms. The van der Waals surface area contributed by atoms with Gasteiger partial charge >= 0.3 is 0 Å². The van der Waals surface area contributed by atoms with E-state index in [1.807, 2.05) is 7.05 Å². The molecule has 0 saturated heterocycles. The monoisotopic (exact) mass is 312 g/mol. The fourth-order valence-electron chi connectivity index (χ4n) is 2.44. The SMILES string of the molecule is CNc1ncnc(NC2CCCCCCC2)c1Br. The van der Waals surface area contributed by atoms with Crippen LogP contribution < -0.4 is 10.6 Å². The van der Waals surface area contributed by atoms with E-state index < -0.39 is 0 Å². The minimum Gasteiger partial charge on any atom is -0.372 e. The Bertz CT molecular complexity index is 375. The summed E-state index contributed by atoms with van der Waals surface area (Å²) in [6, 6.07) is 0.543. The second-order valence-corrected chi connectivity index (χ2v) is 5.61. The lowest BCUT2D eigenvalue weighted by Gasteiger charge is -2.22. The van der Waals surface area contributed by atoms with Crippen LogP contribution >= 0.6 is 15.9 Å². The van der Waals surface area contributed by atoms with Crippen molar-refractivity contribution in [3.63, 3.8) is 0 Å². The van der Waals surface area contributed by atoms with Gasteiger partial charge in [-0.15, -0.1) is 0 Å². The highest BCUT2D eigenvalue weighted by molar-refractivity contribution is 9.10. The third-order valence-corrected chi connectivity index (χ3v) is 4.22. The first-order valence-electron chi connectivity index (χ1n) is 6.76. The second-order valence-electron chi connectivity index (χ2n) is 4.82. The van der Waals surface area contributed by atoms with Gasteiger partial charge in [0.25, 0.3) is 0 Å². The zero-order valence-corrected chi connectivity index (χ0v) is 12.5. The molecule has 0 atom stereocenters. The van der Waals surface area contributed by atoms with E-state index in [-0.39, 0.29) is 0 Å². The molecule has 0 aliphatic heterocycles. The van der Waals surface area contributed by atoms with Crippen LogP contribution in [-0.2, 0) is 0 Å². The molecule has 2 N–H and O–H groups in total. The van der Waals surface area contributed by atoms with Crippen LogP contribution in [0.25, 0.3) is 0 Å². The van der Waals surface area contributed by atoms with Crippen molar-refractivity contribution < 1.29 is 0 Å². The van der Waals surface area contributed by atoms with Gasteiger partial charge in [-0.25, -0.2) is 9.97 Å². The van der Waals surface area contributed by atoms with Gasteiger partial charge in [-0.2, -0.15) is 0 Å². The maximum atomic E-state index is 4.33. The Balaban J connectivity index is 2.03. The minimum absolute atomic E-state index is 0.543. The Kier molecular flexibility index (Phi) is 5.23. The van der Waals surface area contributed by atoms with E-state index >= 15 is 0 Å². The standard InChI is InChI=1S/C13H21BrN4/c1-15-12-11(14)13(17-9-16-12)18-10-7-5-3-2-4-6-8-10/h9-10H,2-8H2,1H3,(H2,15,16,17,18). The van der Waals surface area contributed by atoms with Crippen LogP contribution in [0.4, 0.5) is 11.6 Å². The van der Waals surface area contributed by atoms with Gasteiger partial charge in [0.2, 0.25) is 0 Å². The normalized spacial score (nSPS) is 17.9. The Labute approximate surface area is 117 Å². The molecule has 0 unspecified atom stereocenters. The summed E-state index contributed by atoms with van der Waals surface area (Å²) in [5.74, 6) is 1.73. The van der Waals surface area contributed by atoms with Crippen molar-refractivity contribution in [1.29, 1.82) is 0 Å². The van der Waals surface area contributed by atoms with Gasteiger partial charge in [-0.1, -0.05) is 32.1 Å². The summed E-state index contributed by atoms with van der Waals surface area (Å²) in [6.45, 7) is 0. The zero-order valence-electron chi connectivity index (χ0n) is 10.9. The van der Waals surface area contributed by atoms with Crippen molar-refractivity contribution in [1.82, 2.24) is 9.97 Å². The maximum Gasteiger partial charge on any atom is 0.146 e. The third kappa shape index (κ3) is 3.57. The molecular formula is C13H21BrN4. The molecule has 4 nitrogen and oxygen atoms in total. The van der Waals surface area contributed by atoms with Crippen LogP contribution in [0, 0.1) is 0 Å². The fourth-order valence-corrected chi connectivity index (χ4v) is 2.96. The summed E-state index contributed by atoms with van der Waals surface area (Å²) in [4.78, 5) is 8.50. The first kappa shape index (κ1) is 13.6. The van der Waals surface area contributed by atoms with Crippen LogP contribution in [0.5, 0.6) is 0 Å². The number of hydrogen-bond acceptors (Lipinski definition) is 4. The van der Waals surface area contributed by atoms with E-state index in [0.717, 1.165) is 16.1 Å². The summed E-state index contributed by atoms with van der Waals surface area (Å²) in [6.07, 6.45) is 10.8. The molecule has 0 amide bonds. The zero-order chi connectivity index (χ0) is 12.8. The van der Waals surface area contributed by atoms with Crippen LogP contribution in [0.1, 0.15) is 44.9 Å². The molecule has 1 aliphatic carbocycles. The molecule has 1 aromatic heterocycles. The second kappa shape index (κ2) is 6.92. The molecule has 2 rings (SSSR count). The average molecular weight is 313 g/mol. The molecule has 1 saturated carbocycles. The molecule has 18 heavy (non-hydrogen) atoms. The van der Waals surface area contributed by atoms with Crippen molar-refractivity contribution >= 4 is 27.6 Å². The number of aromatic nitrogens is 2. The van der Waals surface area contributed by atoms with E-state index in [2.05, 4.69) is 36.5 Å². The minimum atomic E-state index is 0.543. The first-order chi connectivity index (χ1) is 8.81. The Hall–Kier alpha value is -0.840. The molecule has 1 aromatic rings. The fraction of sp³-hybridized carbons (Fsp3) is 0.692. The topological polar surface area (TPSA) is 49.8 Å². The van der Waals surface area contributed by atoms with Crippen molar-refractivity contribution in [2.45, 2.75) is 51.0 Å². The van der Waals surface area contributed by atoms with Gasteiger partial charge < -0.3 is 10.6 Å². The number of nitrogens with zero attached hydrogens (tertiary/aromatic N) is 2. The van der Waals surface area contributed by atoms with E-state index in [9.17, 15) is 0 Å². The van der Waals surface area contributed by atoms with Gasteiger partial charge in [0.05, 0.1) is 0 Å². The first-order valence-corrected chi connectivity index (χ1v) is 7.55. The molecule has 1 heterocycles. The number of anilines is 2. The Morgan fingerprint density at radius 3 is 2.33 bits per heavy atom. The van der Waals surface area contributed by atoms with Crippen LogP contribution in [0.3, 0.4) is 0 Å². The summed E-state index contributed by atoms with van der Waals surface area (Å²) < 4.78 is 0.926. The van der Waals surface area contributed by atoms with Crippen molar-refractivity contribution in [2.24, 2.45) is 0 Å². The van der Waals surface area contributed by atoms with E-state index in [0.29, 0.717) is 6.04 Å². The number of nitrogens with one attached hydrogen (secondary N) is 2. The quantitative estimate of drug-likeness (QED) is 0.891. The lowest BCUT2D eigenvalue weighted by atomic mass is 9.97. The van der Waals surface area contributed by atoms with Gasteiger partial charge in [0.1, 0.15) is 22.4 Å². The Morgan fingerprint density at radius 1 is 1.06 bits per heavy atom. The number of hydrogen-bond donors (Lipinski definition) is 2. The Morgan fingerprint density at radius 2 is 1.67 bits per heavy atom. The van der Waals surface area contributed by atoms with Crippen molar-refractivity contribution in [2.75, 3.05) is 17.7 Å². The summed E-state index contributed by atoms with van der Waals surface area (Å²) in [5, 5.41) is 6.61. The smallest absolute Gasteiger partial charge is 0.146 e. The van der Waals surface area contributed by atoms with Crippen LogP contribution in [0.2, 0.25) is 0 Å². The van der Waals surface area contributed by atoms with Crippen LogP contribution in [-0.4, -0.2) is 23.1 Å². The van der Waals surface area contributed by atoms with Crippen molar-refractivity contribution in [3.05, 3.63) is 10.8 Å². The highest BCUT2D eigenvalue weighted by atomic mass is 79.9. The van der Waals surface area contributed by atoms with Gasteiger partial charge in [0.15, 0.2) is 0 Å². The lowest BCUT2D eigenvalue weighted by molar-refractivity contribution is 0.470. The molecular weight excluding hydrogens is 292 g/mol. The molecule has 100 valence electrons. The predicted octanol–water partition coefficient (Wildman–Crippen LogP) is 3.81. The molecule has 1 fully saturated rings. The van der Waals surface area contributed by atoms with E-state index in [1.54, 1.807) is 6.33 Å². The highest BCUT2D eigenvalue weighted by Gasteiger charge is 2.14. The van der Waals surface area contributed by atoms with Crippen LogP contribution in [0.15, 0.2) is 10.8 Å². The van der Waals surface area contributed by atoms with E-state index in [1.165, 1.54) is 44.9 Å². The predicted molar refractivity (Wildman–Crippen MR) is 79.0 cm³/mol. The largest absolute Gasteiger partial charge is 0.372 e. The van der Waals surface area contributed by atoms with Crippen molar-refractivity contribution in [3.8, 4) is 0 Å². The molecule has 0 aromatic carbocycles. The molecule has 1 aliphatic rings. The number of rotatable bonds is 3. The third-order valence-electron chi connectivity index (χ3n) is 3.47. The lowest BCUT2D eigenvalue weighted by Crippen LogP contribution is -2.21. The van der Waals surface area contributed by atoms with Gasteiger partial charge in [-0.3, -0.25) is 0 Å². The molecule has 0 bridgehead atoms. The van der Waals surface area contributed by atoms with Gasteiger partial charge in [-0.05, 0) is 28.8 Å². The summed E-state index contributed by atoms with van der Waals surface area (Å²) in [5.41, 5.74) is 0. The molecule has 5 heteroatoms. The maximum absolute atomic E-state index is 4.33.